The lowest BCUT2D eigenvalue weighted by Gasteiger charge is -2.24. The van der Waals surface area contributed by atoms with Crippen LogP contribution in [0.4, 0.5) is 9.18 Å². The van der Waals surface area contributed by atoms with Crippen molar-refractivity contribution in [1.29, 1.82) is 0 Å². The quantitative estimate of drug-likeness (QED) is 0.522. The highest BCUT2D eigenvalue weighted by Gasteiger charge is 2.22. The fourth-order valence-electron chi connectivity index (χ4n) is 4.39. The molecule has 0 radical (unpaired) electrons. The molecule has 32 heavy (non-hydrogen) atoms. The van der Waals surface area contributed by atoms with Crippen LogP contribution < -0.4 is 9.47 Å². The van der Waals surface area contributed by atoms with Crippen LogP contribution in [0.3, 0.4) is 0 Å². The lowest BCUT2D eigenvalue weighted by molar-refractivity contribution is 0.150. The number of hydrogen-bond acceptors (Lipinski definition) is 3. The molecule has 0 atom stereocenters. The van der Waals surface area contributed by atoms with E-state index in [1.54, 1.807) is 20.3 Å². The van der Waals surface area contributed by atoms with E-state index in [-0.39, 0.29) is 18.3 Å². The Balaban J connectivity index is 1.84. The average Bonchev–Trinajstić information content (AvgIpc) is 3.16. The van der Waals surface area contributed by atoms with Gasteiger partial charge in [0.05, 0.1) is 19.9 Å². The molecule has 7 heteroatoms. The van der Waals surface area contributed by atoms with E-state index in [0.717, 1.165) is 33.3 Å². The number of fused-ring (bicyclic) bond motifs is 1. The van der Waals surface area contributed by atoms with Crippen molar-refractivity contribution in [3.8, 4) is 22.8 Å². The van der Waals surface area contributed by atoms with E-state index in [0.29, 0.717) is 30.0 Å². The maximum Gasteiger partial charge on any atom is 0.407 e. The molecule has 1 amide bonds. The molecule has 2 N–H and O–H groups in total. The number of nitrogens with one attached hydrogen (secondary N) is 1. The Bertz CT molecular complexity index is 1210. The summed E-state index contributed by atoms with van der Waals surface area (Å²) in [5.41, 5.74) is 5.04. The number of ether oxygens (including phenoxy) is 2. The fourth-order valence-corrected chi connectivity index (χ4v) is 4.39. The van der Waals surface area contributed by atoms with Gasteiger partial charge < -0.3 is 24.5 Å². The number of H-pyrrole nitrogens is 1. The predicted molar refractivity (Wildman–Crippen MR) is 123 cm³/mol. The van der Waals surface area contributed by atoms with E-state index in [2.05, 4.69) is 18.8 Å². The van der Waals surface area contributed by atoms with Crippen LogP contribution in [0.25, 0.3) is 27.7 Å². The third kappa shape index (κ3) is 3.79. The van der Waals surface area contributed by atoms with Crippen LogP contribution in [0.1, 0.15) is 37.3 Å². The van der Waals surface area contributed by atoms with Crippen molar-refractivity contribution in [3.63, 3.8) is 0 Å². The Labute approximate surface area is 186 Å². The SMILES string of the molecule is COc1ccc(-c2[nH]c3cc(F)c(C4=CCN(C(=O)O)CC4)cc3c2C(C)C)cc1OC. The van der Waals surface area contributed by atoms with E-state index >= 15 is 4.39 Å². The largest absolute Gasteiger partial charge is 0.493 e. The van der Waals surface area contributed by atoms with Gasteiger partial charge in [-0.2, -0.15) is 0 Å². The van der Waals surface area contributed by atoms with Crippen LogP contribution in [0, 0.1) is 5.82 Å². The van der Waals surface area contributed by atoms with E-state index in [9.17, 15) is 9.90 Å². The lowest BCUT2D eigenvalue weighted by Crippen LogP contribution is -2.33. The molecule has 1 aliphatic rings. The molecule has 2 aromatic carbocycles. The number of hydrogen-bond donors (Lipinski definition) is 2. The molecule has 3 aromatic rings. The lowest BCUT2D eigenvalue weighted by atomic mass is 9.92. The van der Waals surface area contributed by atoms with Gasteiger partial charge in [0.1, 0.15) is 5.82 Å². The Morgan fingerprint density at radius 2 is 1.91 bits per heavy atom. The molecule has 6 nitrogen and oxygen atoms in total. The van der Waals surface area contributed by atoms with Crippen molar-refractivity contribution in [2.75, 3.05) is 27.3 Å². The molecule has 0 unspecified atom stereocenters. The van der Waals surface area contributed by atoms with Gasteiger partial charge in [-0.05, 0) is 53.8 Å². The number of halogens is 1. The molecule has 0 bridgehead atoms. The number of benzene rings is 2. The van der Waals surface area contributed by atoms with E-state index in [1.807, 2.05) is 24.3 Å². The fraction of sp³-hybridized carbons (Fsp3) is 0.320. The normalized spacial score (nSPS) is 14.1. The number of rotatable bonds is 5. The van der Waals surface area contributed by atoms with E-state index in [1.165, 1.54) is 11.0 Å². The summed E-state index contributed by atoms with van der Waals surface area (Å²) < 4.78 is 25.9. The van der Waals surface area contributed by atoms with Crippen LogP contribution in [0.2, 0.25) is 0 Å². The minimum Gasteiger partial charge on any atom is -0.493 e. The highest BCUT2D eigenvalue weighted by atomic mass is 19.1. The standard InChI is InChI=1S/C25H27FN2O4/c1-14(2)23-18-12-17(15-7-9-28(10-8-15)25(29)30)19(26)13-20(18)27-24(23)16-5-6-21(31-3)22(11-16)32-4/h5-7,11-14,27H,8-10H2,1-4H3,(H,29,30). The Hall–Kier alpha value is -3.48. The topological polar surface area (TPSA) is 74.8 Å². The van der Waals surface area contributed by atoms with Crippen molar-refractivity contribution in [3.05, 3.63) is 53.4 Å². The molecule has 1 aromatic heterocycles. The summed E-state index contributed by atoms with van der Waals surface area (Å²) in [4.78, 5) is 15.9. The number of amides is 1. The van der Waals surface area contributed by atoms with Gasteiger partial charge in [0.15, 0.2) is 11.5 Å². The molecule has 0 fully saturated rings. The van der Waals surface area contributed by atoms with Crippen molar-refractivity contribution < 1.29 is 23.8 Å². The van der Waals surface area contributed by atoms with Gasteiger partial charge in [-0.1, -0.05) is 19.9 Å². The summed E-state index contributed by atoms with van der Waals surface area (Å²) in [5, 5.41) is 10.1. The summed E-state index contributed by atoms with van der Waals surface area (Å²) in [6.07, 6.45) is 1.33. The van der Waals surface area contributed by atoms with Crippen LogP contribution in [0.15, 0.2) is 36.4 Å². The molecule has 2 heterocycles. The van der Waals surface area contributed by atoms with Crippen molar-refractivity contribution in [2.24, 2.45) is 0 Å². The van der Waals surface area contributed by atoms with E-state index in [4.69, 9.17) is 9.47 Å². The Kier molecular flexibility index (Phi) is 5.82. The highest BCUT2D eigenvalue weighted by Crippen LogP contribution is 2.40. The van der Waals surface area contributed by atoms with Crippen LogP contribution in [0.5, 0.6) is 11.5 Å². The van der Waals surface area contributed by atoms with Gasteiger partial charge in [0, 0.05) is 35.1 Å². The van der Waals surface area contributed by atoms with Gasteiger partial charge in [0.2, 0.25) is 0 Å². The summed E-state index contributed by atoms with van der Waals surface area (Å²) in [6, 6.07) is 9.15. The number of nitrogens with zero attached hydrogens (tertiary/aromatic N) is 1. The van der Waals surface area contributed by atoms with E-state index < -0.39 is 6.09 Å². The second-order valence-corrected chi connectivity index (χ2v) is 8.22. The molecule has 0 saturated heterocycles. The first-order chi connectivity index (χ1) is 15.3. The molecule has 4 rings (SSSR count). The Morgan fingerprint density at radius 1 is 1.16 bits per heavy atom. The summed E-state index contributed by atoms with van der Waals surface area (Å²) in [7, 11) is 3.20. The minimum absolute atomic E-state index is 0.188. The van der Waals surface area contributed by atoms with Crippen LogP contribution in [-0.2, 0) is 0 Å². The Morgan fingerprint density at radius 3 is 2.50 bits per heavy atom. The number of aromatic amines is 1. The van der Waals surface area contributed by atoms with Gasteiger partial charge >= 0.3 is 6.09 Å². The molecule has 0 saturated carbocycles. The minimum atomic E-state index is -0.955. The maximum atomic E-state index is 15.1. The van der Waals surface area contributed by atoms with Gasteiger partial charge in [-0.15, -0.1) is 0 Å². The first-order valence-electron chi connectivity index (χ1n) is 10.6. The van der Waals surface area contributed by atoms with Gasteiger partial charge in [-0.25, -0.2) is 9.18 Å². The monoisotopic (exact) mass is 438 g/mol. The van der Waals surface area contributed by atoms with Crippen molar-refractivity contribution in [1.82, 2.24) is 9.88 Å². The number of methoxy groups -OCH3 is 2. The molecular weight excluding hydrogens is 411 g/mol. The summed E-state index contributed by atoms with van der Waals surface area (Å²) in [6.45, 7) is 4.85. The van der Waals surface area contributed by atoms with Crippen molar-refractivity contribution in [2.45, 2.75) is 26.2 Å². The average molecular weight is 438 g/mol. The van der Waals surface area contributed by atoms with Crippen LogP contribution >= 0.6 is 0 Å². The van der Waals surface area contributed by atoms with Gasteiger partial charge in [0.25, 0.3) is 0 Å². The third-order valence-corrected chi connectivity index (χ3v) is 6.00. The summed E-state index contributed by atoms with van der Waals surface area (Å²) >= 11 is 0. The highest BCUT2D eigenvalue weighted by molar-refractivity contribution is 5.94. The molecule has 0 aliphatic carbocycles. The number of carboxylic acid groups (broad SMARTS) is 1. The third-order valence-electron chi connectivity index (χ3n) is 6.00. The molecule has 0 spiro atoms. The molecule has 1 aliphatic heterocycles. The zero-order chi connectivity index (χ0) is 23.0. The van der Waals surface area contributed by atoms with Crippen molar-refractivity contribution >= 4 is 22.6 Å². The smallest absolute Gasteiger partial charge is 0.407 e. The predicted octanol–water partition coefficient (Wildman–Crippen LogP) is 5.88. The number of carbonyl (C=O) groups is 1. The second-order valence-electron chi connectivity index (χ2n) is 8.22. The zero-order valence-corrected chi connectivity index (χ0v) is 18.7. The maximum absolute atomic E-state index is 15.1. The first kappa shape index (κ1) is 21.7. The molecule has 168 valence electrons. The number of aromatic nitrogens is 1. The van der Waals surface area contributed by atoms with Gasteiger partial charge in [-0.3, -0.25) is 0 Å². The zero-order valence-electron chi connectivity index (χ0n) is 18.7. The second kappa shape index (κ2) is 8.57. The first-order valence-corrected chi connectivity index (χ1v) is 10.6. The summed E-state index contributed by atoms with van der Waals surface area (Å²) in [5.74, 6) is 1.14. The molecular formula is C25H27FN2O4. The van der Waals surface area contributed by atoms with Crippen LogP contribution in [-0.4, -0.2) is 48.4 Å².